The first-order valence-electron chi connectivity index (χ1n) is 4.98. The van der Waals surface area contributed by atoms with Crippen molar-refractivity contribution in [1.29, 1.82) is 0 Å². The monoisotopic (exact) mass is 208 g/mol. The van der Waals surface area contributed by atoms with Crippen LogP contribution in [0.25, 0.3) is 0 Å². The van der Waals surface area contributed by atoms with Gasteiger partial charge >= 0.3 is 5.97 Å². The van der Waals surface area contributed by atoms with Gasteiger partial charge in [-0.1, -0.05) is 13.8 Å². The molecular formula is C12H13FO2. The van der Waals surface area contributed by atoms with Crippen LogP contribution in [-0.2, 0) is 5.41 Å². The van der Waals surface area contributed by atoms with E-state index in [1.54, 1.807) is 6.07 Å². The zero-order valence-corrected chi connectivity index (χ0v) is 8.75. The minimum absolute atomic E-state index is 0.0327. The lowest BCUT2D eigenvalue weighted by molar-refractivity contribution is 0.0696. The number of carboxylic acids is 1. The molecule has 0 bridgehead atoms. The second-order valence-electron chi connectivity index (χ2n) is 4.56. The zero-order valence-electron chi connectivity index (χ0n) is 8.75. The van der Waals surface area contributed by atoms with Gasteiger partial charge in [0.15, 0.2) is 0 Å². The highest BCUT2D eigenvalue weighted by atomic mass is 19.1. The molecule has 3 heteroatoms. The summed E-state index contributed by atoms with van der Waals surface area (Å²) < 4.78 is 13.2. The van der Waals surface area contributed by atoms with Gasteiger partial charge in [0.2, 0.25) is 0 Å². The summed E-state index contributed by atoms with van der Waals surface area (Å²) in [4.78, 5) is 10.8. The zero-order chi connectivity index (χ0) is 11.2. The predicted molar refractivity (Wildman–Crippen MR) is 54.5 cm³/mol. The third-order valence-corrected chi connectivity index (χ3v) is 3.46. The van der Waals surface area contributed by atoms with E-state index in [0.29, 0.717) is 5.92 Å². The molecule has 1 fully saturated rings. The smallest absolute Gasteiger partial charge is 0.335 e. The molecular weight excluding hydrogens is 195 g/mol. The van der Waals surface area contributed by atoms with Crippen LogP contribution in [0.5, 0.6) is 0 Å². The summed E-state index contributed by atoms with van der Waals surface area (Å²) in [7, 11) is 0. The van der Waals surface area contributed by atoms with Crippen molar-refractivity contribution in [3.8, 4) is 0 Å². The van der Waals surface area contributed by atoms with Crippen molar-refractivity contribution in [2.75, 3.05) is 0 Å². The van der Waals surface area contributed by atoms with E-state index in [1.165, 1.54) is 6.07 Å². The quantitative estimate of drug-likeness (QED) is 0.811. The topological polar surface area (TPSA) is 37.3 Å². The van der Waals surface area contributed by atoms with Crippen molar-refractivity contribution in [3.63, 3.8) is 0 Å². The van der Waals surface area contributed by atoms with Gasteiger partial charge in [0, 0.05) is 0 Å². The van der Waals surface area contributed by atoms with Gasteiger partial charge in [-0.3, -0.25) is 0 Å². The Balaban J connectivity index is 2.45. The van der Waals surface area contributed by atoms with E-state index in [4.69, 9.17) is 5.11 Å². The number of carbonyl (C=O) groups is 1. The third kappa shape index (κ3) is 1.62. The highest BCUT2D eigenvalue weighted by Gasteiger charge is 2.48. The summed E-state index contributed by atoms with van der Waals surface area (Å²) in [5, 5.41) is 8.82. The first-order chi connectivity index (χ1) is 6.93. The van der Waals surface area contributed by atoms with Crippen molar-refractivity contribution >= 4 is 5.97 Å². The Labute approximate surface area is 87.7 Å². The summed E-state index contributed by atoms with van der Waals surface area (Å²) in [5.74, 6) is -1.04. The average Bonchev–Trinajstić information content (AvgIpc) is 2.75. The van der Waals surface area contributed by atoms with Crippen molar-refractivity contribution in [3.05, 3.63) is 35.1 Å². The SMILES string of the molecule is CC1CC1(C)c1cc(F)cc(C(=O)O)c1. The Bertz CT molecular complexity index is 428. The van der Waals surface area contributed by atoms with Gasteiger partial charge in [0.05, 0.1) is 5.56 Å². The lowest BCUT2D eigenvalue weighted by Gasteiger charge is -2.11. The Kier molecular flexibility index (Phi) is 2.07. The molecule has 1 aromatic rings. The Hall–Kier alpha value is -1.38. The van der Waals surface area contributed by atoms with Crippen LogP contribution < -0.4 is 0 Å². The molecule has 1 aliphatic rings. The van der Waals surface area contributed by atoms with Crippen molar-refractivity contribution in [2.45, 2.75) is 25.7 Å². The molecule has 2 rings (SSSR count). The average molecular weight is 208 g/mol. The first kappa shape index (κ1) is 10.1. The molecule has 0 aromatic heterocycles. The molecule has 80 valence electrons. The molecule has 15 heavy (non-hydrogen) atoms. The van der Waals surface area contributed by atoms with Crippen LogP contribution >= 0.6 is 0 Å². The lowest BCUT2D eigenvalue weighted by Crippen LogP contribution is -2.07. The lowest BCUT2D eigenvalue weighted by atomic mass is 9.94. The number of carboxylic acid groups (broad SMARTS) is 1. The molecule has 0 heterocycles. The molecule has 2 atom stereocenters. The van der Waals surface area contributed by atoms with Crippen LogP contribution in [0, 0.1) is 11.7 Å². The number of rotatable bonds is 2. The maximum Gasteiger partial charge on any atom is 0.335 e. The summed E-state index contributed by atoms with van der Waals surface area (Å²) in [6.07, 6.45) is 0.996. The van der Waals surface area contributed by atoms with Crippen LogP contribution in [0.3, 0.4) is 0 Å². The minimum Gasteiger partial charge on any atom is -0.478 e. The van der Waals surface area contributed by atoms with E-state index in [0.717, 1.165) is 18.1 Å². The molecule has 0 spiro atoms. The highest BCUT2D eigenvalue weighted by Crippen LogP contribution is 2.53. The molecule has 2 unspecified atom stereocenters. The minimum atomic E-state index is -1.08. The van der Waals surface area contributed by atoms with Crippen LogP contribution in [0.2, 0.25) is 0 Å². The second kappa shape index (κ2) is 3.05. The van der Waals surface area contributed by atoms with Crippen LogP contribution in [0.1, 0.15) is 36.2 Å². The van der Waals surface area contributed by atoms with Crippen LogP contribution in [-0.4, -0.2) is 11.1 Å². The second-order valence-corrected chi connectivity index (χ2v) is 4.56. The van der Waals surface area contributed by atoms with Crippen molar-refractivity contribution in [1.82, 2.24) is 0 Å². The van der Waals surface area contributed by atoms with Gasteiger partial charge in [0.25, 0.3) is 0 Å². The molecule has 0 aliphatic heterocycles. The summed E-state index contributed by atoms with van der Waals surface area (Å²) in [6, 6.07) is 4.08. The Morgan fingerprint density at radius 1 is 1.53 bits per heavy atom. The van der Waals surface area contributed by atoms with Gasteiger partial charge in [-0.15, -0.1) is 0 Å². The molecule has 0 radical (unpaired) electrons. The third-order valence-electron chi connectivity index (χ3n) is 3.46. The first-order valence-corrected chi connectivity index (χ1v) is 4.98. The van der Waals surface area contributed by atoms with Crippen LogP contribution in [0.15, 0.2) is 18.2 Å². The largest absolute Gasteiger partial charge is 0.478 e. The van der Waals surface area contributed by atoms with E-state index in [2.05, 4.69) is 6.92 Å². The molecule has 0 amide bonds. The van der Waals surface area contributed by atoms with E-state index in [9.17, 15) is 9.18 Å². The molecule has 2 nitrogen and oxygen atoms in total. The highest BCUT2D eigenvalue weighted by molar-refractivity contribution is 5.87. The molecule has 1 saturated carbocycles. The van der Waals surface area contributed by atoms with E-state index >= 15 is 0 Å². The Morgan fingerprint density at radius 2 is 2.13 bits per heavy atom. The van der Waals surface area contributed by atoms with Gasteiger partial charge in [-0.2, -0.15) is 0 Å². The van der Waals surface area contributed by atoms with E-state index < -0.39 is 11.8 Å². The van der Waals surface area contributed by atoms with Gasteiger partial charge in [-0.25, -0.2) is 9.18 Å². The Morgan fingerprint density at radius 3 is 2.60 bits per heavy atom. The predicted octanol–water partition coefficient (Wildman–Crippen LogP) is 2.82. The van der Waals surface area contributed by atoms with E-state index in [-0.39, 0.29) is 11.0 Å². The fourth-order valence-electron chi connectivity index (χ4n) is 2.02. The standard InChI is InChI=1S/C12H13FO2/c1-7-6-12(7,2)9-3-8(11(14)15)4-10(13)5-9/h3-5,7H,6H2,1-2H3,(H,14,15). The van der Waals surface area contributed by atoms with Crippen molar-refractivity contribution in [2.24, 2.45) is 5.92 Å². The summed E-state index contributed by atoms with van der Waals surface area (Å²) in [6.45, 7) is 4.13. The number of halogens is 1. The number of hydrogen-bond donors (Lipinski definition) is 1. The number of aromatic carboxylic acids is 1. The number of hydrogen-bond acceptors (Lipinski definition) is 1. The van der Waals surface area contributed by atoms with Gasteiger partial charge in [0.1, 0.15) is 5.82 Å². The fraction of sp³-hybridized carbons (Fsp3) is 0.417. The summed E-state index contributed by atoms with van der Waals surface area (Å²) >= 11 is 0. The van der Waals surface area contributed by atoms with E-state index in [1.807, 2.05) is 6.92 Å². The molecule has 0 saturated heterocycles. The fourth-order valence-corrected chi connectivity index (χ4v) is 2.02. The maximum absolute atomic E-state index is 13.2. The van der Waals surface area contributed by atoms with Gasteiger partial charge in [-0.05, 0) is 41.5 Å². The van der Waals surface area contributed by atoms with Crippen molar-refractivity contribution < 1.29 is 14.3 Å². The van der Waals surface area contributed by atoms with Crippen LogP contribution in [0.4, 0.5) is 4.39 Å². The normalized spacial score (nSPS) is 28.9. The molecule has 1 N–H and O–H groups in total. The number of benzene rings is 1. The molecule has 1 aliphatic carbocycles. The maximum atomic E-state index is 13.2. The summed E-state index contributed by atoms with van der Waals surface area (Å²) in [5.41, 5.74) is 0.796. The van der Waals surface area contributed by atoms with Gasteiger partial charge < -0.3 is 5.11 Å². The molecule has 1 aromatic carbocycles.